The summed E-state index contributed by atoms with van der Waals surface area (Å²) in [5.41, 5.74) is 8.75. The Morgan fingerprint density at radius 1 is 1.38 bits per heavy atom. The molecule has 1 fully saturated rings. The van der Waals surface area contributed by atoms with Gasteiger partial charge in [0.15, 0.2) is 11.0 Å². The van der Waals surface area contributed by atoms with Crippen molar-refractivity contribution in [2.24, 2.45) is 16.6 Å². The van der Waals surface area contributed by atoms with Crippen LogP contribution in [0.5, 0.6) is 0 Å². The van der Waals surface area contributed by atoms with Crippen LogP contribution in [-0.2, 0) is 12.0 Å². The third-order valence-electron chi connectivity index (χ3n) is 5.07. The molecule has 0 spiro atoms. The van der Waals surface area contributed by atoms with Crippen molar-refractivity contribution in [3.05, 3.63) is 65.0 Å². The molecule has 4 rings (SSSR count). The molecule has 2 atom stereocenters. The number of ketones is 1. The van der Waals surface area contributed by atoms with Crippen molar-refractivity contribution in [2.45, 2.75) is 24.8 Å². The summed E-state index contributed by atoms with van der Waals surface area (Å²) in [6.45, 7) is 0. The van der Waals surface area contributed by atoms with Crippen molar-refractivity contribution >= 4 is 22.7 Å². The molecule has 130 valence electrons. The van der Waals surface area contributed by atoms with Gasteiger partial charge in [-0.3, -0.25) is 14.8 Å². The van der Waals surface area contributed by atoms with E-state index in [2.05, 4.69) is 17.1 Å². The van der Waals surface area contributed by atoms with Gasteiger partial charge in [-0.1, -0.05) is 36.0 Å². The van der Waals surface area contributed by atoms with E-state index in [1.807, 2.05) is 18.2 Å². The van der Waals surface area contributed by atoms with Crippen LogP contribution in [0.15, 0.2) is 47.6 Å². The number of aliphatic imine (C=N–C) groups is 1. The van der Waals surface area contributed by atoms with E-state index in [9.17, 15) is 4.79 Å². The van der Waals surface area contributed by atoms with Crippen LogP contribution in [0.2, 0.25) is 0 Å². The molecular weight excluding hydrogens is 344 g/mol. The smallest absolute Gasteiger partial charge is 0.185 e. The SMILES string of the molecule is N#Cc1ccc(C(=O)Cc2cccc([C@]34C[C@H]3CCSC(N)=N4)c2)nc1. The fourth-order valence-electron chi connectivity index (χ4n) is 3.60. The van der Waals surface area contributed by atoms with E-state index in [-0.39, 0.29) is 17.7 Å². The topological polar surface area (TPSA) is 92.1 Å². The highest BCUT2D eigenvalue weighted by molar-refractivity contribution is 8.13. The first-order chi connectivity index (χ1) is 12.6. The van der Waals surface area contributed by atoms with Gasteiger partial charge in [-0.2, -0.15) is 5.26 Å². The average molecular weight is 362 g/mol. The van der Waals surface area contributed by atoms with Crippen LogP contribution in [0.3, 0.4) is 0 Å². The van der Waals surface area contributed by atoms with Gasteiger partial charge < -0.3 is 5.73 Å². The first kappa shape index (κ1) is 16.8. The zero-order chi connectivity index (χ0) is 18.1. The number of benzene rings is 1. The van der Waals surface area contributed by atoms with Crippen molar-refractivity contribution in [3.63, 3.8) is 0 Å². The summed E-state index contributed by atoms with van der Waals surface area (Å²) in [7, 11) is 0. The number of fused-ring (bicyclic) bond motifs is 1. The highest BCUT2D eigenvalue weighted by atomic mass is 32.2. The fraction of sp³-hybridized carbons (Fsp3) is 0.300. The Morgan fingerprint density at radius 3 is 3.04 bits per heavy atom. The number of hydrogen-bond donors (Lipinski definition) is 1. The number of carbonyl (C=O) groups excluding carboxylic acids is 1. The zero-order valence-corrected chi connectivity index (χ0v) is 15.0. The molecule has 1 aliphatic heterocycles. The summed E-state index contributed by atoms with van der Waals surface area (Å²) in [6.07, 6.45) is 3.86. The third-order valence-corrected chi connectivity index (χ3v) is 5.90. The van der Waals surface area contributed by atoms with Gasteiger partial charge in [0, 0.05) is 18.4 Å². The number of thioether (sulfide) groups is 1. The second-order valence-electron chi connectivity index (χ2n) is 6.76. The first-order valence-electron chi connectivity index (χ1n) is 8.57. The minimum absolute atomic E-state index is 0.0593. The van der Waals surface area contributed by atoms with E-state index in [4.69, 9.17) is 16.0 Å². The molecule has 0 saturated heterocycles. The summed E-state index contributed by atoms with van der Waals surface area (Å²) < 4.78 is 0. The van der Waals surface area contributed by atoms with Crippen LogP contribution in [0.1, 0.15) is 40.0 Å². The molecule has 0 unspecified atom stereocenters. The van der Waals surface area contributed by atoms with Gasteiger partial charge in [-0.05, 0) is 42.0 Å². The number of nitriles is 1. The summed E-state index contributed by atoms with van der Waals surface area (Å²) in [4.78, 5) is 21.4. The summed E-state index contributed by atoms with van der Waals surface area (Å²) in [5, 5.41) is 9.49. The van der Waals surface area contributed by atoms with E-state index in [1.165, 1.54) is 6.20 Å². The van der Waals surface area contributed by atoms with Crippen molar-refractivity contribution in [3.8, 4) is 6.07 Å². The van der Waals surface area contributed by atoms with E-state index in [0.717, 1.165) is 29.7 Å². The number of rotatable bonds is 4. The van der Waals surface area contributed by atoms with Gasteiger partial charge in [-0.15, -0.1) is 0 Å². The van der Waals surface area contributed by atoms with Gasteiger partial charge in [0.25, 0.3) is 0 Å². The Hall–Kier alpha value is -2.65. The number of amidine groups is 1. The summed E-state index contributed by atoms with van der Waals surface area (Å²) in [6, 6.07) is 13.3. The lowest BCUT2D eigenvalue weighted by molar-refractivity contribution is 0.0988. The van der Waals surface area contributed by atoms with Crippen LogP contribution in [0, 0.1) is 17.2 Å². The maximum atomic E-state index is 12.5. The first-order valence-corrected chi connectivity index (χ1v) is 9.56. The quantitative estimate of drug-likeness (QED) is 0.844. The molecule has 26 heavy (non-hydrogen) atoms. The zero-order valence-electron chi connectivity index (χ0n) is 14.2. The monoisotopic (exact) mass is 362 g/mol. The molecule has 1 aromatic carbocycles. The molecule has 2 N–H and O–H groups in total. The number of nitrogens with two attached hydrogens (primary N) is 1. The van der Waals surface area contributed by atoms with Crippen LogP contribution in [0.25, 0.3) is 0 Å². The van der Waals surface area contributed by atoms with Gasteiger partial charge in [-0.25, -0.2) is 0 Å². The number of hydrogen-bond acceptors (Lipinski definition) is 6. The summed E-state index contributed by atoms with van der Waals surface area (Å²) >= 11 is 1.62. The second kappa shape index (κ2) is 6.58. The van der Waals surface area contributed by atoms with Crippen molar-refractivity contribution in [1.29, 1.82) is 5.26 Å². The van der Waals surface area contributed by atoms with Crippen LogP contribution in [0.4, 0.5) is 0 Å². The number of pyridine rings is 1. The van der Waals surface area contributed by atoms with Crippen molar-refractivity contribution in [2.75, 3.05) is 5.75 Å². The molecular formula is C20H18N4OS. The second-order valence-corrected chi connectivity index (χ2v) is 7.87. The van der Waals surface area contributed by atoms with E-state index in [0.29, 0.717) is 22.3 Å². The predicted molar refractivity (Wildman–Crippen MR) is 102 cm³/mol. The molecule has 2 heterocycles. The Labute approximate surface area is 156 Å². The Morgan fingerprint density at radius 2 is 2.27 bits per heavy atom. The lowest BCUT2D eigenvalue weighted by atomic mass is 9.97. The molecule has 2 aromatic rings. The number of aromatic nitrogens is 1. The molecule has 1 aliphatic carbocycles. The molecule has 0 bridgehead atoms. The predicted octanol–water partition coefficient (Wildman–Crippen LogP) is 3.05. The normalized spacial score (nSPS) is 24.0. The molecule has 1 saturated carbocycles. The van der Waals surface area contributed by atoms with E-state index < -0.39 is 0 Å². The molecule has 2 aliphatic rings. The highest BCUT2D eigenvalue weighted by Gasteiger charge is 2.56. The molecule has 6 heteroatoms. The Balaban J connectivity index is 1.56. The van der Waals surface area contributed by atoms with E-state index in [1.54, 1.807) is 23.9 Å². The van der Waals surface area contributed by atoms with Crippen LogP contribution < -0.4 is 5.73 Å². The average Bonchev–Trinajstić information content (AvgIpc) is 3.37. The lowest BCUT2D eigenvalue weighted by Gasteiger charge is -2.14. The fourth-order valence-corrected chi connectivity index (χ4v) is 4.44. The maximum Gasteiger partial charge on any atom is 0.185 e. The number of carbonyl (C=O) groups is 1. The molecule has 0 radical (unpaired) electrons. The van der Waals surface area contributed by atoms with Gasteiger partial charge >= 0.3 is 0 Å². The van der Waals surface area contributed by atoms with Gasteiger partial charge in [0.1, 0.15) is 11.8 Å². The van der Waals surface area contributed by atoms with Gasteiger partial charge in [0.2, 0.25) is 0 Å². The third kappa shape index (κ3) is 3.11. The van der Waals surface area contributed by atoms with Crippen LogP contribution >= 0.6 is 11.8 Å². The van der Waals surface area contributed by atoms with Crippen LogP contribution in [-0.4, -0.2) is 21.7 Å². The number of nitrogens with zero attached hydrogens (tertiary/aromatic N) is 3. The summed E-state index contributed by atoms with van der Waals surface area (Å²) in [5.74, 6) is 1.50. The maximum absolute atomic E-state index is 12.5. The highest BCUT2D eigenvalue weighted by Crippen LogP contribution is 2.59. The largest absolute Gasteiger partial charge is 0.379 e. The number of Topliss-reactive ketones (excluding diaryl/α,β-unsaturated/α-hetero) is 1. The molecule has 0 amide bonds. The van der Waals surface area contributed by atoms with E-state index >= 15 is 0 Å². The minimum atomic E-state index is -0.195. The lowest BCUT2D eigenvalue weighted by Crippen LogP contribution is -2.14. The van der Waals surface area contributed by atoms with Crippen molar-refractivity contribution < 1.29 is 4.79 Å². The minimum Gasteiger partial charge on any atom is -0.379 e. The standard InChI is InChI=1S/C20H18N4OS/c21-11-14-4-5-17(23-12-14)18(25)9-13-2-1-3-15(8-13)20-10-16(20)6-7-26-19(22)24-20/h1-5,8,12,16H,6-7,9-10H2,(H2,22,24)/t16-,20-/m1/s1. The molecule has 1 aromatic heterocycles. The van der Waals surface area contributed by atoms with Gasteiger partial charge in [0.05, 0.1) is 11.1 Å². The Kier molecular flexibility index (Phi) is 4.25. The van der Waals surface area contributed by atoms with Crippen molar-refractivity contribution in [1.82, 2.24) is 4.98 Å². The molecule has 5 nitrogen and oxygen atoms in total. The Bertz CT molecular complexity index is 932.